The number of aryl methyl sites for hydroxylation is 2. The third kappa shape index (κ3) is 17.7. The first-order valence-electron chi connectivity index (χ1n) is 12.9. The summed E-state index contributed by atoms with van der Waals surface area (Å²) in [5.41, 5.74) is 1.96. The number of rotatable bonds is 14. The average Bonchev–Trinajstić information content (AvgIpc) is 2.75. The van der Waals surface area contributed by atoms with Gasteiger partial charge >= 0.3 is 48.9 Å². The summed E-state index contributed by atoms with van der Waals surface area (Å²) >= 11 is 0. The van der Waals surface area contributed by atoms with Crippen LogP contribution in [-0.4, -0.2) is 48.9 Å². The summed E-state index contributed by atoms with van der Waals surface area (Å²) in [6.45, 7) is 9.09. The van der Waals surface area contributed by atoms with E-state index in [0.29, 0.717) is 0 Å². The first kappa shape index (κ1) is 32.6. The van der Waals surface area contributed by atoms with E-state index in [1.54, 1.807) is 12.1 Å². The molecule has 0 saturated carbocycles. The number of unbranched alkanes of at least 4 members (excludes halogenated alkanes) is 6. The number of hydrogen-bond acceptors (Lipinski definition) is 2. The Morgan fingerprint density at radius 1 is 0.515 bits per heavy atom. The zero-order chi connectivity index (χ0) is 23.6. The molecule has 0 unspecified atom stereocenters. The minimum atomic E-state index is 0. The van der Waals surface area contributed by atoms with Crippen molar-refractivity contribution in [3.8, 4) is 11.5 Å². The van der Waals surface area contributed by atoms with Gasteiger partial charge in [0.15, 0.2) is 0 Å². The Morgan fingerprint density at radius 2 is 0.848 bits per heavy atom. The molecule has 33 heavy (non-hydrogen) atoms. The van der Waals surface area contributed by atoms with Crippen molar-refractivity contribution in [3.63, 3.8) is 0 Å². The molecule has 0 saturated heterocycles. The van der Waals surface area contributed by atoms with Crippen LogP contribution in [0.2, 0.25) is 0 Å². The smallest absolute Gasteiger partial charge is 0.872 e. The van der Waals surface area contributed by atoms with Crippen LogP contribution >= 0.6 is 0 Å². The molecule has 2 nitrogen and oxygen atoms in total. The Morgan fingerprint density at radius 3 is 1.18 bits per heavy atom. The van der Waals surface area contributed by atoms with E-state index in [1.165, 1.54) is 51.4 Å². The van der Waals surface area contributed by atoms with Crippen LogP contribution in [0.1, 0.15) is 103 Å². The van der Waals surface area contributed by atoms with E-state index in [4.69, 9.17) is 0 Å². The molecule has 0 atom stereocenters. The van der Waals surface area contributed by atoms with Gasteiger partial charge in [0.1, 0.15) is 0 Å². The van der Waals surface area contributed by atoms with E-state index in [1.807, 2.05) is 36.4 Å². The second kappa shape index (κ2) is 20.9. The standard InChI is InChI=1S/2C15H24O.Ba/c2*1-13(2)9-5-3-4-6-10-14-11-7-8-12-15(14)16;/h2*7-8,11-13,16H,3-6,9-10H2,1-2H3;/q;;+2/p-2. The molecule has 0 N–H and O–H groups in total. The Bertz CT molecular complexity index is 650. The molecule has 0 aliphatic heterocycles. The van der Waals surface area contributed by atoms with E-state index in [9.17, 15) is 10.2 Å². The van der Waals surface area contributed by atoms with Crippen molar-refractivity contribution >= 4 is 48.9 Å². The Hall–Kier alpha value is -0.389. The summed E-state index contributed by atoms with van der Waals surface area (Å²) in [7, 11) is 0. The molecule has 3 heteroatoms. The molecular formula is C30H46BaO2. The van der Waals surface area contributed by atoms with Gasteiger partial charge in [0, 0.05) is 0 Å². The quantitative estimate of drug-likeness (QED) is 0.174. The van der Waals surface area contributed by atoms with Crippen LogP contribution < -0.4 is 10.2 Å². The molecule has 0 amide bonds. The largest absolute Gasteiger partial charge is 2.00 e. The van der Waals surface area contributed by atoms with Gasteiger partial charge in [-0.2, -0.15) is 0 Å². The molecule has 180 valence electrons. The SMILES string of the molecule is CC(C)CCCCCCc1ccccc1[O-].CC(C)CCCCCCc1ccccc1[O-].[Ba+2]. The Balaban J connectivity index is 0.000000602. The zero-order valence-corrected chi connectivity index (χ0v) is 26.2. The summed E-state index contributed by atoms with van der Waals surface area (Å²) in [4.78, 5) is 0. The normalized spacial score (nSPS) is 10.6. The maximum atomic E-state index is 11.4. The number of para-hydroxylation sites is 2. The molecule has 0 aromatic heterocycles. The fraction of sp³-hybridized carbons (Fsp3) is 0.600. The van der Waals surface area contributed by atoms with Crippen LogP contribution in [0.4, 0.5) is 0 Å². The van der Waals surface area contributed by atoms with Crippen LogP contribution in [-0.2, 0) is 12.8 Å². The van der Waals surface area contributed by atoms with Crippen LogP contribution in [0.25, 0.3) is 0 Å². The van der Waals surface area contributed by atoms with Crippen molar-refractivity contribution in [2.45, 2.75) is 105 Å². The van der Waals surface area contributed by atoms with Crippen molar-refractivity contribution in [1.29, 1.82) is 0 Å². The van der Waals surface area contributed by atoms with Gasteiger partial charge in [-0.15, -0.1) is 11.5 Å². The Kier molecular flexibility index (Phi) is 20.7. The second-order valence-corrected chi connectivity index (χ2v) is 9.91. The summed E-state index contributed by atoms with van der Waals surface area (Å²) in [6, 6.07) is 14.8. The first-order valence-corrected chi connectivity index (χ1v) is 12.9. The molecule has 0 aliphatic rings. The summed E-state index contributed by atoms with van der Waals surface area (Å²) in [6.07, 6.45) is 14.6. The number of benzene rings is 2. The second-order valence-electron chi connectivity index (χ2n) is 9.91. The third-order valence-electron chi connectivity index (χ3n) is 5.90. The molecule has 0 radical (unpaired) electrons. The molecule has 2 rings (SSSR count). The molecule has 0 aliphatic carbocycles. The molecular weight excluding hydrogens is 530 g/mol. The molecule has 0 heterocycles. The summed E-state index contributed by atoms with van der Waals surface area (Å²) < 4.78 is 0. The van der Waals surface area contributed by atoms with E-state index in [2.05, 4.69) is 27.7 Å². The first-order chi connectivity index (χ1) is 15.4. The van der Waals surface area contributed by atoms with Gasteiger partial charge < -0.3 is 10.2 Å². The van der Waals surface area contributed by atoms with Gasteiger partial charge in [-0.1, -0.05) is 139 Å². The molecule has 0 bridgehead atoms. The van der Waals surface area contributed by atoms with E-state index < -0.39 is 0 Å². The van der Waals surface area contributed by atoms with Gasteiger partial charge in [-0.25, -0.2) is 0 Å². The maximum Gasteiger partial charge on any atom is 2.00 e. The van der Waals surface area contributed by atoms with Crippen molar-refractivity contribution < 1.29 is 10.2 Å². The van der Waals surface area contributed by atoms with Gasteiger partial charge in [0.05, 0.1) is 0 Å². The topological polar surface area (TPSA) is 46.1 Å². The van der Waals surface area contributed by atoms with Crippen molar-refractivity contribution in [3.05, 3.63) is 59.7 Å². The van der Waals surface area contributed by atoms with Crippen LogP contribution in [0.15, 0.2) is 48.5 Å². The minimum Gasteiger partial charge on any atom is -0.872 e. The average molecular weight is 576 g/mol. The van der Waals surface area contributed by atoms with Crippen LogP contribution in [0.5, 0.6) is 11.5 Å². The third-order valence-corrected chi connectivity index (χ3v) is 5.90. The molecule has 0 fully saturated rings. The monoisotopic (exact) mass is 576 g/mol. The van der Waals surface area contributed by atoms with E-state index in [0.717, 1.165) is 48.6 Å². The van der Waals surface area contributed by atoms with Gasteiger partial charge in [0.2, 0.25) is 0 Å². The van der Waals surface area contributed by atoms with Crippen LogP contribution in [0.3, 0.4) is 0 Å². The summed E-state index contributed by atoms with van der Waals surface area (Å²) in [5, 5.41) is 22.9. The fourth-order valence-electron chi connectivity index (χ4n) is 3.86. The van der Waals surface area contributed by atoms with Crippen LogP contribution in [0, 0.1) is 11.8 Å². The van der Waals surface area contributed by atoms with Gasteiger partial charge in [-0.3, -0.25) is 0 Å². The van der Waals surface area contributed by atoms with Crippen molar-refractivity contribution in [2.75, 3.05) is 0 Å². The van der Waals surface area contributed by atoms with Gasteiger partial charge in [0.25, 0.3) is 0 Å². The van der Waals surface area contributed by atoms with Crippen molar-refractivity contribution in [1.82, 2.24) is 0 Å². The van der Waals surface area contributed by atoms with Gasteiger partial charge in [-0.05, 0) is 37.5 Å². The van der Waals surface area contributed by atoms with E-state index in [-0.39, 0.29) is 60.4 Å². The van der Waals surface area contributed by atoms with E-state index >= 15 is 0 Å². The number of hydrogen-bond donors (Lipinski definition) is 0. The summed E-state index contributed by atoms with van der Waals surface area (Å²) in [5.74, 6) is 2.04. The fourth-order valence-corrected chi connectivity index (χ4v) is 3.86. The zero-order valence-electron chi connectivity index (χ0n) is 21.8. The molecule has 2 aromatic rings. The predicted octanol–water partition coefficient (Wildman–Crippen LogP) is 7.44. The maximum absolute atomic E-state index is 11.4. The van der Waals surface area contributed by atoms with Crippen molar-refractivity contribution in [2.24, 2.45) is 11.8 Å². The molecule has 2 aromatic carbocycles. The minimum absolute atomic E-state index is 0. The Labute approximate surface area is 244 Å². The predicted molar refractivity (Wildman–Crippen MR) is 141 cm³/mol. The molecule has 0 spiro atoms.